The molecule has 1 aliphatic heterocycles. The highest BCUT2D eigenvalue weighted by atomic mass is 16.6. The largest absolute Gasteiger partial charge is 0.506 e. The fourth-order valence-electron chi connectivity index (χ4n) is 2.91. The molecule has 0 saturated carbocycles. The first-order chi connectivity index (χ1) is 14.2. The number of ketones is 1. The number of nitrogens with one attached hydrogen (secondary N) is 1. The van der Waals surface area contributed by atoms with Crippen LogP contribution >= 0.6 is 0 Å². The highest BCUT2D eigenvalue weighted by Crippen LogP contribution is 2.26. The molecule has 0 saturated heterocycles. The Morgan fingerprint density at radius 3 is 2.30 bits per heavy atom. The van der Waals surface area contributed by atoms with Gasteiger partial charge in [0.25, 0.3) is 0 Å². The normalized spacial score (nSPS) is 15.6. The van der Waals surface area contributed by atoms with Crippen LogP contribution in [0.1, 0.15) is 52.9 Å². The van der Waals surface area contributed by atoms with Crippen molar-refractivity contribution in [2.45, 2.75) is 52.9 Å². The predicted octanol–water partition coefficient (Wildman–Crippen LogP) is 3.73. The van der Waals surface area contributed by atoms with Gasteiger partial charge in [-0.3, -0.25) is 9.59 Å². The third kappa shape index (κ3) is 5.79. The van der Waals surface area contributed by atoms with Crippen molar-refractivity contribution in [3.8, 4) is 5.75 Å². The van der Waals surface area contributed by atoms with Crippen LogP contribution in [-0.2, 0) is 23.9 Å². The Morgan fingerprint density at radius 2 is 1.70 bits per heavy atom. The maximum absolute atomic E-state index is 12.0. The monoisotopic (exact) mass is 415 g/mol. The SMILES string of the molecule is CCCCCCC(=O)Oc1ccc(NC(C)=C2C(=O)OC(=O)C(C(C)=O)=C2O)cc1. The number of Topliss-reactive ketones (excluding diaryl/α,β-unsaturated/α-hetero) is 1. The van der Waals surface area contributed by atoms with E-state index in [0.29, 0.717) is 17.9 Å². The van der Waals surface area contributed by atoms with E-state index in [4.69, 9.17) is 4.74 Å². The van der Waals surface area contributed by atoms with E-state index in [9.17, 15) is 24.3 Å². The summed E-state index contributed by atoms with van der Waals surface area (Å²) in [6.07, 6.45) is 4.32. The van der Waals surface area contributed by atoms with Gasteiger partial charge in [0, 0.05) is 17.8 Å². The lowest BCUT2D eigenvalue weighted by atomic mass is 10.0. The highest BCUT2D eigenvalue weighted by Gasteiger charge is 2.36. The number of ether oxygens (including phenoxy) is 2. The highest BCUT2D eigenvalue weighted by molar-refractivity contribution is 6.23. The Balaban J connectivity index is 2.09. The van der Waals surface area contributed by atoms with Gasteiger partial charge in [0.05, 0.1) is 0 Å². The molecule has 8 nitrogen and oxygen atoms in total. The number of carbonyl (C=O) groups excluding carboxylic acids is 4. The van der Waals surface area contributed by atoms with Crippen LogP contribution in [0.5, 0.6) is 5.75 Å². The standard InChI is InChI=1S/C22H25NO7/c1-4-5-6-7-8-17(25)29-16-11-9-15(10-12-16)23-13(2)18-20(26)19(14(3)24)22(28)30-21(18)27/h9-12,23,26H,4-8H2,1-3H3. The minimum Gasteiger partial charge on any atom is -0.506 e. The summed E-state index contributed by atoms with van der Waals surface area (Å²) in [6.45, 7) is 4.68. The molecule has 0 radical (unpaired) electrons. The zero-order chi connectivity index (χ0) is 22.3. The van der Waals surface area contributed by atoms with Crippen molar-refractivity contribution in [3.63, 3.8) is 0 Å². The fourth-order valence-corrected chi connectivity index (χ4v) is 2.91. The molecule has 0 aliphatic carbocycles. The first kappa shape index (κ1) is 22.9. The molecule has 0 aromatic heterocycles. The first-order valence-electron chi connectivity index (χ1n) is 9.74. The molecule has 1 heterocycles. The van der Waals surface area contributed by atoms with Crippen LogP contribution in [0.3, 0.4) is 0 Å². The van der Waals surface area contributed by atoms with Crippen molar-refractivity contribution in [1.29, 1.82) is 0 Å². The van der Waals surface area contributed by atoms with Gasteiger partial charge in [0.2, 0.25) is 0 Å². The van der Waals surface area contributed by atoms with Crippen molar-refractivity contribution in [2.24, 2.45) is 0 Å². The second kappa shape index (κ2) is 10.4. The molecule has 0 amide bonds. The Kier molecular flexibility index (Phi) is 7.91. The molecular weight excluding hydrogens is 390 g/mol. The molecular formula is C22H25NO7. The molecule has 1 aromatic rings. The Labute approximate surface area is 174 Å². The van der Waals surface area contributed by atoms with E-state index in [1.54, 1.807) is 24.3 Å². The van der Waals surface area contributed by atoms with Crippen molar-refractivity contribution in [1.82, 2.24) is 0 Å². The van der Waals surface area contributed by atoms with Crippen LogP contribution in [0.4, 0.5) is 5.69 Å². The molecule has 0 atom stereocenters. The average molecular weight is 415 g/mol. The van der Waals surface area contributed by atoms with Gasteiger partial charge in [-0.1, -0.05) is 26.2 Å². The summed E-state index contributed by atoms with van der Waals surface area (Å²) in [7, 11) is 0. The number of esters is 3. The van der Waals surface area contributed by atoms with E-state index in [2.05, 4.69) is 17.0 Å². The minimum atomic E-state index is -1.18. The molecule has 160 valence electrons. The number of allylic oxidation sites excluding steroid dienone is 1. The fraction of sp³-hybridized carbons (Fsp3) is 0.364. The van der Waals surface area contributed by atoms with E-state index in [1.165, 1.54) is 6.92 Å². The number of hydrogen-bond donors (Lipinski definition) is 2. The van der Waals surface area contributed by atoms with Crippen molar-refractivity contribution in [2.75, 3.05) is 5.32 Å². The zero-order valence-corrected chi connectivity index (χ0v) is 17.2. The predicted molar refractivity (Wildman–Crippen MR) is 109 cm³/mol. The Hall–Kier alpha value is -3.42. The molecule has 2 rings (SSSR count). The second-order valence-electron chi connectivity index (χ2n) is 6.89. The number of aliphatic hydroxyl groups excluding tert-OH is 1. The van der Waals surface area contributed by atoms with Gasteiger partial charge in [-0.2, -0.15) is 0 Å². The summed E-state index contributed by atoms with van der Waals surface area (Å²) in [5, 5.41) is 13.1. The summed E-state index contributed by atoms with van der Waals surface area (Å²) < 4.78 is 9.82. The van der Waals surface area contributed by atoms with Gasteiger partial charge in [0.15, 0.2) is 5.78 Å². The van der Waals surface area contributed by atoms with Crippen LogP contribution in [0.15, 0.2) is 46.9 Å². The number of hydrogen-bond acceptors (Lipinski definition) is 8. The number of cyclic esters (lactones) is 2. The number of benzene rings is 1. The smallest absolute Gasteiger partial charge is 0.353 e. The van der Waals surface area contributed by atoms with E-state index < -0.39 is 29.1 Å². The lowest BCUT2D eigenvalue weighted by Crippen LogP contribution is -2.29. The molecule has 0 spiro atoms. The maximum atomic E-state index is 12.0. The van der Waals surface area contributed by atoms with Gasteiger partial charge in [-0.25, -0.2) is 9.59 Å². The summed E-state index contributed by atoms with van der Waals surface area (Å²) >= 11 is 0. The molecule has 0 fully saturated rings. The topological polar surface area (TPSA) is 119 Å². The Morgan fingerprint density at radius 1 is 1.03 bits per heavy atom. The van der Waals surface area contributed by atoms with E-state index in [-0.39, 0.29) is 17.2 Å². The molecule has 8 heteroatoms. The van der Waals surface area contributed by atoms with E-state index in [0.717, 1.165) is 32.6 Å². The number of unbranched alkanes of at least 4 members (excludes halogenated alkanes) is 3. The number of rotatable bonds is 9. The van der Waals surface area contributed by atoms with Crippen molar-refractivity contribution >= 4 is 29.4 Å². The van der Waals surface area contributed by atoms with Gasteiger partial charge >= 0.3 is 17.9 Å². The first-order valence-corrected chi connectivity index (χ1v) is 9.74. The summed E-state index contributed by atoms with van der Waals surface area (Å²) in [5.74, 6) is -3.58. The summed E-state index contributed by atoms with van der Waals surface area (Å²) in [4.78, 5) is 47.1. The Bertz CT molecular complexity index is 910. The van der Waals surface area contributed by atoms with Crippen LogP contribution in [0, 0.1) is 0 Å². The number of anilines is 1. The van der Waals surface area contributed by atoms with Crippen LogP contribution in [-0.4, -0.2) is 28.8 Å². The molecule has 1 aliphatic rings. The van der Waals surface area contributed by atoms with Crippen LogP contribution in [0.2, 0.25) is 0 Å². The summed E-state index contributed by atoms with van der Waals surface area (Å²) in [5.41, 5.74) is -0.164. The van der Waals surface area contributed by atoms with Crippen LogP contribution < -0.4 is 10.1 Å². The van der Waals surface area contributed by atoms with E-state index in [1.807, 2.05) is 0 Å². The van der Waals surface area contributed by atoms with E-state index >= 15 is 0 Å². The lowest BCUT2D eigenvalue weighted by Gasteiger charge is -2.18. The second-order valence-corrected chi connectivity index (χ2v) is 6.89. The third-order valence-electron chi connectivity index (χ3n) is 4.45. The van der Waals surface area contributed by atoms with Crippen molar-refractivity contribution < 1.29 is 33.8 Å². The van der Waals surface area contributed by atoms with Crippen LogP contribution in [0.25, 0.3) is 0 Å². The molecule has 1 aromatic carbocycles. The maximum Gasteiger partial charge on any atom is 0.353 e. The van der Waals surface area contributed by atoms with Gasteiger partial charge < -0.3 is 19.9 Å². The van der Waals surface area contributed by atoms with Crippen molar-refractivity contribution in [3.05, 3.63) is 46.9 Å². The molecule has 0 unspecified atom stereocenters. The minimum absolute atomic E-state index is 0.185. The quantitative estimate of drug-likeness (QED) is 0.156. The number of aliphatic hydroxyl groups is 1. The molecule has 30 heavy (non-hydrogen) atoms. The lowest BCUT2D eigenvalue weighted by molar-refractivity contribution is -0.155. The number of carbonyl (C=O) groups is 4. The molecule has 0 bridgehead atoms. The zero-order valence-electron chi connectivity index (χ0n) is 17.2. The van der Waals surface area contributed by atoms with Gasteiger partial charge in [-0.15, -0.1) is 0 Å². The molecule has 2 N–H and O–H groups in total. The average Bonchev–Trinajstić information content (AvgIpc) is 2.66. The van der Waals surface area contributed by atoms with Gasteiger partial charge in [-0.05, 0) is 44.5 Å². The van der Waals surface area contributed by atoms with Gasteiger partial charge in [0.1, 0.15) is 22.7 Å². The summed E-state index contributed by atoms with van der Waals surface area (Å²) in [6, 6.07) is 6.42. The third-order valence-corrected chi connectivity index (χ3v) is 4.45.